The molecule has 0 atom stereocenters. The molecule has 0 saturated carbocycles. The largest absolute Gasteiger partial charge is 0.388 e. The smallest absolute Gasteiger partial charge is 0.253 e. The zero-order chi connectivity index (χ0) is 20.3. The monoisotopic (exact) mass is 379 g/mol. The highest BCUT2D eigenvalue weighted by molar-refractivity contribution is 5.97. The van der Waals surface area contributed by atoms with Crippen molar-refractivity contribution in [1.82, 2.24) is 4.90 Å². The number of hydrogen-bond acceptors (Lipinski definition) is 3. The van der Waals surface area contributed by atoms with E-state index in [-0.39, 0.29) is 17.1 Å². The molecule has 0 aromatic heterocycles. The Kier molecular flexibility index (Phi) is 5.99. The van der Waals surface area contributed by atoms with Crippen LogP contribution in [0.15, 0.2) is 42.5 Å². The first-order valence-corrected chi connectivity index (χ1v) is 9.95. The first-order chi connectivity index (χ1) is 13.3. The van der Waals surface area contributed by atoms with Crippen LogP contribution in [-0.2, 0) is 18.3 Å². The third-order valence-corrected chi connectivity index (χ3v) is 5.48. The number of hydrogen-bond donors (Lipinski definition) is 1. The number of amides is 1. The van der Waals surface area contributed by atoms with Gasteiger partial charge in [-0.25, -0.2) is 0 Å². The van der Waals surface area contributed by atoms with E-state index < -0.39 is 6.61 Å². The number of nitrogens with zero attached hydrogens (tertiary/aromatic N) is 1. The zero-order valence-corrected chi connectivity index (χ0v) is 17.0. The molecule has 1 amide bonds. The van der Waals surface area contributed by atoms with Crippen LogP contribution in [0.25, 0.3) is 0 Å². The van der Waals surface area contributed by atoms with E-state index in [4.69, 9.17) is 5.11 Å². The second-order valence-corrected chi connectivity index (χ2v) is 8.54. The molecule has 1 aliphatic rings. The molecule has 4 heteroatoms. The fraction of sp³-hybridized carbons (Fsp3) is 0.417. The van der Waals surface area contributed by atoms with Crippen molar-refractivity contribution in [2.75, 3.05) is 19.7 Å². The van der Waals surface area contributed by atoms with E-state index in [0.29, 0.717) is 18.5 Å². The first kappa shape index (κ1) is 20.3. The van der Waals surface area contributed by atoms with Gasteiger partial charge in [-0.2, -0.15) is 0 Å². The lowest BCUT2D eigenvalue weighted by molar-refractivity contribution is 0.0752. The molecular formula is C24H29NO3. The van der Waals surface area contributed by atoms with Gasteiger partial charge in [-0.3, -0.25) is 9.59 Å². The molecular weight excluding hydrogens is 350 g/mol. The molecule has 2 aromatic rings. The van der Waals surface area contributed by atoms with Crippen molar-refractivity contribution in [2.45, 2.75) is 45.4 Å². The summed E-state index contributed by atoms with van der Waals surface area (Å²) in [5, 5.41) is 9.10. The highest BCUT2D eigenvalue weighted by atomic mass is 16.3. The molecule has 1 heterocycles. The van der Waals surface area contributed by atoms with Gasteiger partial charge >= 0.3 is 0 Å². The van der Waals surface area contributed by atoms with Gasteiger partial charge in [0.25, 0.3) is 5.91 Å². The van der Waals surface area contributed by atoms with Crippen molar-refractivity contribution in [3.63, 3.8) is 0 Å². The third-order valence-electron chi connectivity index (χ3n) is 5.48. The number of carbonyl (C=O) groups excluding carboxylic acids is 2. The summed E-state index contributed by atoms with van der Waals surface area (Å²) < 4.78 is 0. The minimum atomic E-state index is -0.478. The number of carbonyl (C=O) groups is 2. The van der Waals surface area contributed by atoms with Crippen LogP contribution in [0.1, 0.15) is 64.6 Å². The molecule has 4 nitrogen and oxygen atoms in total. The molecule has 0 bridgehead atoms. The van der Waals surface area contributed by atoms with Crippen LogP contribution in [0.5, 0.6) is 0 Å². The van der Waals surface area contributed by atoms with Crippen molar-refractivity contribution in [3.8, 4) is 0 Å². The Hall–Kier alpha value is -2.46. The van der Waals surface area contributed by atoms with Gasteiger partial charge in [0.05, 0.1) is 0 Å². The summed E-state index contributed by atoms with van der Waals surface area (Å²) in [6, 6.07) is 13.6. The molecule has 0 aliphatic carbocycles. The minimum absolute atomic E-state index is 0.0616. The Morgan fingerprint density at radius 2 is 1.61 bits per heavy atom. The van der Waals surface area contributed by atoms with Crippen molar-refractivity contribution < 1.29 is 14.7 Å². The Morgan fingerprint density at radius 1 is 0.929 bits per heavy atom. The van der Waals surface area contributed by atoms with Gasteiger partial charge in [0.15, 0.2) is 5.78 Å². The molecule has 0 spiro atoms. The summed E-state index contributed by atoms with van der Waals surface area (Å²) in [5.74, 6) is -0.205. The molecule has 2 aromatic carbocycles. The maximum atomic E-state index is 13.0. The van der Waals surface area contributed by atoms with Gasteiger partial charge in [-0.15, -0.1) is 0 Å². The topological polar surface area (TPSA) is 57.6 Å². The standard InChI is InChI=1S/C24H29NO3/c1-24(2,3)21-10-8-18(9-11-21)23(28)25-13-4-5-17-6-7-20(22(27)16-26)15-19(17)12-14-25/h6-11,15,26H,4-5,12-14,16H2,1-3H3. The van der Waals surface area contributed by atoms with Gasteiger partial charge in [-0.05, 0) is 59.6 Å². The first-order valence-electron chi connectivity index (χ1n) is 9.95. The van der Waals surface area contributed by atoms with Gasteiger partial charge < -0.3 is 10.0 Å². The molecule has 0 unspecified atom stereocenters. The quantitative estimate of drug-likeness (QED) is 0.826. The predicted molar refractivity (Wildman–Crippen MR) is 111 cm³/mol. The summed E-state index contributed by atoms with van der Waals surface area (Å²) in [6.07, 6.45) is 2.50. The summed E-state index contributed by atoms with van der Waals surface area (Å²) in [4.78, 5) is 26.7. The van der Waals surface area contributed by atoms with E-state index in [1.54, 1.807) is 6.07 Å². The van der Waals surface area contributed by atoms with Crippen LogP contribution in [-0.4, -0.2) is 41.4 Å². The lowest BCUT2D eigenvalue weighted by atomic mass is 9.86. The number of rotatable bonds is 3. The zero-order valence-electron chi connectivity index (χ0n) is 17.0. The van der Waals surface area contributed by atoms with Crippen molar-refractivity contribution in [1.29, 1.82) is 0 Å². The van der Waals surface area contributed by atoms with Crippen LogP contribution in [0, 0.1) is 0 Å². The predicted octanol–water partition coefficient (Wildman–Crippen LogP) is 3.79. The fourth-order valence-corrected chi connectivity index (χ4v) is 3.69. The molecule has 0 fully saturated rings. The molecule has 0 saturated heterocycles. The van der Waals surface area contributed by atoms with Gasteiger partial charge in [-0.1, -0.05) is 45.0 Å². The number of Topliss-reactive ketones (excluding diaryl/α,β-unsaturated/α-hetero) is 1. The van der Waals surface area contributed by atoms with Crippen LogP contribution in [0.3, 0.4) is 0 Å². The van der Waals surface area contributed by atoms with Crippen LogP contribution < -0.4 is 0 Å². The van der Waals surface area contributed by atoms with Crippen molar-refractivity contribution in [2.24, 2.45) is 0 Å². The number of benzene rings is 2. The summed E-state index contributed by atoms with van der Waals surface area (Å²) in [5.41, 5.74) is 4.87. The van der Waals surface area contributed by atoms with Crippen LogP contribution in [0.2, 0.25) is 0 Å². The van der Waals surface area contributed by atoms with Gasteiger partial charge in [0.1, 0.15) is 6.61 Å². The maximum absolute atomic E-state index is 13.0. The van der Waals surface area contributed by atoms with Gasteiger partial charge in [0.2, 0.25) is 0 Å². The van der Waals surface area contributed by atoms with E-state index in [9.17, 15) is 9.59 Å². The normalized spacial score (nSPS) is 14.8. The Bertz CT molecular complexity index is 862. The number of ketones is 1. The number of aliphatic hydroxyl groups excluding tert-OH is 1. The summed E-state index contributed by atoms with van der Waals surface area (Å²) in [7, 11) is 0. The highest BCUT2D eigenvalue weighted by Gasteiger charge is 2.20. The molecule has 1 N–H and O–H groups in total. The van der Waals surface area contributed by atoms with E-state index >= 15 is 0 Å². The number of fused-ring (bicyclic) bond motifs is 1. The maximum Gasteiger partial charge on any atom is 0.253 e. The second kappa shape index (κ2) is 8.27. The molecule has 1 aliphatic heterocycles. The Morgan fingerprint density at radius 3 is 2.25 bits per heavy atom. The minimum Gasteiger partial charge on any atom is -0.388 e. The van der Waals surface area contributed by atoms with Crippen molar-refractivity contribution in [3.05, 3.63) is 70.3 Å². The highest BCUT2D eigenvalue weighted by Crippen LogP contribution is 2.23. The lowest BCUT2D eigenvalue weighted by Gasteiger charge is -2.27. The fourth-order valence-electron chi connectivity index (χ4n) is 3.69. The van der Waals surface area contributed by atoms with Gasteiger partial charge in [0, 0.05) is 24.2 Å². The Balaban J connectivity index is 1.75. The second-order valence-electron chi connectivity index (χ2n) is 8.54. The number of aliphatic hydroxyl groups is 1. The average molecular weight is 380 g/mol. The molecule has 3 rings (SSSR count). The van der Waals surface area contributed by atoms with E-state index in [1.165, 1.54) is 11.1 Å². The number of aryl methyl sites for hydroxylation is 1. The summed E-state index contributed by atoms with van der Waals surface area (Å²) >= 11 is 0. The summed E-state index contributed by atoms with van der Waals surface area (Å²) in [6.45, 7) is 7.37. The molecule has 148 valence electrons. The Labute approximate surface area is 167 Å². The van der Waals surface area contributed by atoms with Crippen LogP contribution in [0.4, 0.5) is 0 Å². The third kappa shape index (κ3) is 4.50. The van der Waals surface area contributed by atoms with E-state index in [1.807, 2.05) is 41.3 Å². The SMILES string of the molecule is CC(C)(C)c1ccc(C(=O)N2CCCc3ccc(C(=O)CO)cc3CC2)cc1. The lowest BCUT2D eigenvalue weighted by Crippen LogP contribution is -2.35. The van der Waals surface area contributed by atoms with E-state index in [2.05, 4.69) is 20.8 Å². The molecule has 28 heavy (non-hydrogen) atoms. The van der Waals surface area contributed by atoms with Crippen LogP contribution >= 0.6 is 0 Å². The van der Waals surface area contributed by atoms with Crippen molar-refractivity contribution >= 4 is 11.7 Å². The average Bonchev–Trinajstić information content (AvgIpc) is 2.67. The molecule has 0 radical (unpaired) electrons. The van der Waals surface area contributed by atoms with E-state index in [0.717, 1.165) is 30.5 Å².